The van der Waals surface area contributed by atoms with E-state index in [1.807, 2.05) is 12.1 Å². The van der Waals surface area contributed by atoms with Crippen LogP contribution in [0.2, 0.25) is 0 Å². The number of aromatic nitrogens is 4. The molecule has 19 heavy (non-hydrogen) atoms. The van der Waals surface area contributed by atoms with Gasteiger partial charge < -0.3 is 10.3 Å². The third kappa shape index (κ3) is 4.19. The van der Waals surface area contributed by atoms with Gasteiger partial charge in [-0.3, -0.25) is 4.98 Å². The molecule has 0 amide bonds. The van der Waals surface area contributed by atoms with Gasteiger partial charge in [0.15, 0.2) is 5.16 Å². The van der Waals surface area contributed by atoms with Crippen molar-refractivity contribution in [3.8, 4) is 0 Å². The van der Waals surface area contributed by atoms with Crippen LogP contribution in [0.5, 0.6) is 0 Å². The van der Waals surface area contributed by atoms with E-state index in [2.05, 4.69) is 33.6 Å². The van der Waals surface area contributed by atoms with Crippen molar-refractivity contribution in [1.29, 1.82) is 0 Å². The Hall–Kier alpha value is -1.11. The van der Waals surface area contributed by atoms with Crippen molar-refractivity contribution in [2.45, 2.75) is 37.0 Å². The van der Waals surface area contributed by atoms with Crippen molar-refractivity contribution in [2.24, 2.45) is 11.7 Å². The van der Waals surface area contributed by atoms with E-state index in [1.54, 1.807) is 24.2 Å². The lowest BCUT2D eigenvalue weighted by molar-refractivity contribution is 0.480. The topological polar surface area (TPSA) is 69.6 Å². The molecule has 2 aromatic heterocycles. The molecule has 0 aliphatic carbocycles. The summed E-state index contributed by atoms with van der Waals surface area (Å²) >= 11 is 1.59. The lowest BCUT2D eigenvalue weighted by Gasteiger charge is -2.11. The predicted octanol–water partition coefficient (Wildman–Crippen LogP) is 2.36. The van der Waals surface area contributed by atoms with Crippen molar-refractivity contribution >= 4 is 24.2 Å². The Kier molecular flexibility index (Phi) is 6.27. The second kappa shape index (κ2) is 7.47. The Morgan fingerprint density at radius 3 is 2.53 bits per heavy atom. The van der Waals surface area contributed by atoms with Crippen molar-refractivity contribution in [3.05, 3.63) is 30.4 Å². The van der Waals surface area contributed by atoms with Gasteiger partial charge in [0.25, 0.3) is 0 Å². The van der Waals surface area contributed by atoms with Gasteiger partial charge in [-0.05, 0) is 29.8 Å². The smallest absolute Gasteiger partial charge is 0.196 e. The maximum atomic E-state index is 5.69. The molecule has 0 fully saturated rings. The van der Waals surface area contributed by atoms with Crippen LogP contribution in [-0.4, -0.2) is 19.7 Å². The van der Waals surface area contributed by atoms with Crippen LogP contribution in [0.15, 0.2) is 34.6 Å². The summed E-state index contributed by atoms with van der Waals surface area (Å²) in [5.41, 5.74) is 5.69. The Morgan fingerprint density at radius 2 is 1.95 bits per heavy atom. The monoisotopic (exact) mass is 299 g/mol. The molecule has 2 aromatic rings. The summed E-state index contributed by atoms with van der Waals surface area (Å²) in [4.78, 5) is 5.11. The van der Waals surface area contributed by atoms with Gasteiger partial charge in [0, 0.05) is 23.8 Å². The van der Waals surface area contributed by atoms with Crippen LogP contribution < -0.4 is 5.73 Å². The quantitative estimate of drug-likeness (QED) is 0.918. The summed E-state index contributed by atoms with van der Waals surface area (Å²) in [5.74, 6) is 1.36. The van der Waals surface area contributed by atoms with Gasteiger partial charge in [-0.1, -0.05) is 13.8 Å². The van der Waals surface area contributed by atoms with Gasteiger partial charge >= 0.3 is 0 Å². The van der Waals surface area contributed by atoms with Crippen molar-refractivity contribution < 1.29 is 0 Å². The summed E-state index contributed by atoms with van der Waals surface area (Å²) < 4.78 is 2.09. The number of rotatable bonds is 5. The molecule has 0 saturated heterocycles. The SMILES string of the molecule is CC(C)Cn1c(CN)nnc1Sc1ccncc1.Cl. The van der Waals surface area contributed by atoms with Gasteiger partial charge in [-0.15, -0.1) is 22.6 Å². The summed E-state index contributed by atoms with van der Waals surface area (Å²) in [6.07, 6.45) is 3.55. The van der Waals surface area contributed by atoms with Gasteiger partial charge in [-0.25, -0.2) is 0 Å². The van der Waals surface area contributed by atoms with Crippen LogP contribution in [0.1, 0.15) is 19.7 Å². The average molecular weight is 300 g/mol. The molecular weight excluding hydrogens is 282 g/mol. The highest BCUT2D eigenvalue weighted by molar-refractivity contribution is 7.99. The molecule has 0 radical (unpaired) electrons. The molecule has 0 bridgehead atoms. The first-order chi connectivity index (χ1) is 8.70. The van der Waals surface area contributed by atoms with Crippen LogP contribution in [0.3, 0.4) is 0 Å². The number of hydrogen-bond donors (Lipinski definition) is 1. The summed E-state index contributed by atoms with van der Waals surface area (Å²) in [7, 11) is 0. The van der Waals surface area contributed by atoms with Gasteiger partial charge in [0.1, 0.15) is 5.82 Å². The second-order valence-corrected chi connectivity index (χ2v) is 5.43. The first kappa shape index (κ1) is 15.9. The lowest BCUT2D eigenvalue weighted by atomic mass is 10.2. The Bertz CT molecular complexity index is 500. The van der Waals surface area contributed by atoms with Gasteiger partial charge in [0.2, 0.25) is 0 Å². The average Bonchev–Trinajstić information content (AvgIpc) is 2.72. The fourth-order valence-electron chi connectivity index (χ4n) is 1.61. The molecular formula is C12H18ClN5S. The standard InChI is InChI=1S/C12H17N5S.ClH/c1-9(2)8-17-11(7-13)15-16-12(17)18-10-3-5-14-6-4-10;/h3-6,9H,7-8,13H2,1-2H3;1H. The molecule has 0 aliphatic heterocycles. The van der Waals surface area contributed by atoms with Crippen LogP contribution >= 0.6 is 24.2 Å². The number of nitrogens with two attached hydrogens (primary N) is 1. The molecule has 0 aromatic carbocycles. The zero-order chi connectivity index (χ0) is 13.0. The largest absolute Gasteiger partial charge is 0.324 e. The van der Waals surface area contributed by atoms with E-state index in [9.17, 15) is 0 Å². The minimum Gasteiger partial charge on any atom is -0.324 e. The fourth-order valence-corrected chi connectivity index (χ4v) is 2.45. The predicted molar refractivity (Wildman–Crippen MR) is 78.4 cm³/mol. The van der Waals surface area contributed by atoms with Crippen LogP contribution in [0.25, 0.3) is 0 Å². The molecule has 0 unspecified atom stereocenters. The highest BCUT2D eigenvalue weighted by atomic mass is 35.5. The molecule has 2 rings (SSSR count). The lowest BCUT2D eigenvalue weighted by Crippen LogP contribution is -2.12. The zero-order valence-electron chi connectivity index (χ0n) is 11.0. The number of halogens is 1. The molecule has 0 spiro atoms. The van der Waals surface area contributed by atoms with Crippen molar-refractivity contribution in [3.63, 3.8) is 0 Å². The third-order valence-corrected chi connectivity index (χ3v) is 3.38. The van der Waals surface area contributed by atoms with Gasteiger partial charge in [-0.2, -0.15) is 0 Å². The van der Waals surface area contributed by atoms with E-state index < -0.39 is 0 Å². The maximum Gasteiger partial charge on any atom is 0.196 e. The fraction of sp³-hybridized carbons (Fsp3) is 0.417. The molecule has 2 heterocycles. The first-order valence-electron chi connectivity index (χ1n) is 5.90. The van der Waals surface area contributed by atoms with Crippen LogP contribution in [0.4, 0.5) is 0 Å². The van der Waals surface area contributed by atoms with E-state index in [-0.39, 0.29) is 12.4 Å². The molecule has 0 saturated carbocycles. The number of nitrogens with zero attached hydrogens (tertiary/aromatic N) is 4. The summed E-state index contributed by atoms with van der Waals surface area (Å²) in [5, 5.41) is 9.23. The first-order valence-corrected chi connectivity index (χ1v) is 6.72. The Morgan fingerprint density at radius 1 is 1.26 bits per heavy atom. The molecule has 0 aliphatic rings. The number of hydrogen-bond acceptors (Lipinski definition) is 5. The zero-order valence-corrected chi connectivity index (χ0v) is 12.6. The molecule has 104 valence electrons. The van der Waals surface area contributed by atoms with Crippen LogP contribution in [0, 0.1) is 5.92 Å². The normalized spacial score (nSPS) is 10.5. The van der Waals surface area contributed by atoms with E-state index in [0.717, 1.165) is 22.4 Å². The third-order valence-electron chi connectivity index (χ3n) is 2.38. The minimum atomic E-state index is 0. The van der Waals surface area contributed by atoms with E-state index in [0.29, 0.717) is 12.5 Å². The van der Waals surface area contributed by atoms with E-state index >= 15 is 0 Å². The Labute approximate surface area is 123 Å². The van der Waals surface area contributed by atoms with Gasteiger partial charge in [0.05, 0.1) is 6.54 Å². The van der Waals surface area contributed by atoms with Crippen LogP contribution in [-0.2, 0) is 13.1 Å². The van der Waals surface area contributed by atoms with E-state index in [4.69, 9.17) is 5.73 Å². The Balaban J connectivity index is 0.00000180. The number of pyridine rings is 1. The van der Waals surface area contributed by atoms with Crippen molar-refractivity contribution in [1.82, 2.24) is 19.7 Å². The molecule has 2 N–H and O–H groups in total. The maximum absolute atomic E-state index is 5.69. The second-order valence-electron chi connectivity index (χ2n) is 4.39. The van der Waals surface area contributed by atoms with E-state index in [1.165, 1.54) is 0 Å². The molecule has 7 heteroatoms. The van der Waals surface area contributed by atoms with Crippen molar-refractivity contribution in [2.75, 3.05) is 0 Å². The minimum absolute atomic E-state index is 0. The highest BCUT2D eigenvalue weighted by Crippen LogP contribution is 2.26. The summed E-state index contributed by atoms with van der Waals surface area (Å²) in [6, 6.07) is 3.92. The molecule has 0 atom stereocenters. The highest BCUT2D eigenvalue weighted by Gasteiger charge is 2.13. The summed E-state index contributed by atoms with van der Waals surface area (Å²) in [6.45, 7) is 5.63. The molecule has 5 nitrogen and oxygen atoms in total.